The molecule has 0 aliphatic heterocycles. The van der Waals surface area contributed by atoms with Gasteiger partial charge in [0, 0.05) is 6.07 Å². The summed E-state index contributed by atoms with van der Waals surface area (Å²) >= 11 is 12.2. The molecule has 6 nitrogen and oxygen atoms in total. The van der Waals surface area contributed by atoms with Gasteiger partial charge >= 0.3 is 0 Å². The Kier molecular flexibility index (Phi) is 4.47. The third-order valence-corrected chi connectivity index (χ3v) is 3.69. The zero-order valence-corrected chi connectivity index (χ0v) is 13.5. The second kappa shape index (κ2) is 6.71. The largest absolute Gasteiger partial charge is 0.355 e. The molecule has 0 unspecified atom stereocenters. The van der Waals surface area contributed by atoms with Crippen LogP contribution >= 0.6 is 23.2 Å². The van der Waals surface area contributed by atoms with Crippen LogP contribution in [0.2, 0.25) is 10.0 Å². The fraction of sp³-hybridized carbons (Fsp3) is 0. The highest BCUT2D eigenvalue weighted by atomic mass is 35.5. The van der Waals surface area contributed by atoms with Gasteiger partial charge in [-0.15, -0.1) is 0 Å². The minimum absolute atomic E-state index is 0.0325. The van der Waals surface area contributed by atoms with Gasteiger partial charge in [-0.3, -0.25) is 4.79 Å². The van der Waals surface area contributed by atoms with E-state index in [9.17, 15) is 4.79 Å². The fourth-order valence-corrected chi connectivity index (χ4v) is 2.56. The summed E-state index contributed by atoms with van der Waals surface area (Å²) in [6, 6.07) is 13.0. The lowest BCUT2D eigenvalue weighted by Gasteiger charge is -2.02. The third kappa shape index (κ3) is 3.23. The van der Waals surface area contributed by atoms with Gasteiger partial charge in [-0.05, 0) is 24.3 Å². The average Bonchev–Trinajstić information content (AvgIpc) is 3.04. The lowest BCUT2D eigenvalue weighted by molar-refractivity contribution is 0.101. The van der Waals surface area contributed by atoms with Gasteiger partial charge in [-0.25, -0.2) is 4.98 Å². The van der Waals surface area contributed by atoms with Gasteiger partial charge in [0.1, 0.15) is 17.6 Å². The van der Waals surface area contributed by atoms with Crippen molar-refractivity contribution in [2.75, 3.05) is 5.32 Å². The number of aromatic nitrogens is 2. The van der Waals surface area contributed by atoms with Crippen LogP contribution in [0.4, 0.5) is 5.82 Å². The summed E-state index contributed by atoms with van der Waals surface area (Å²) in [5.41, 5.74) is 0.679. The van der Waals surface area contributed by atoms with E-state index in [2.05, 4.69) is 15.5 Å². The van der Waals surface area contributed by atoms with Gasteiger partial charge in [-0.2, -0.15) is 5.26 Å². The summed E-state index contributed by atoms with van der Waals surface area (Å²) < 4.78 is 5.16. The molecule has 0 saturated heterocycles. The molecule has 1 aromatic carbocycles. The molecule has 0 saturated carbocycles. The molecule has 0 spiro atoms. The summed E-state index contributed by atoms with van der Waals surface area (Å²) in [5.74, 6) is -0.0235. The number of rotatable bonds is 3. The number of amides is 1. The molecule has 3 rings (SSSR count). The second-order valence-electron chi connectivity index (χ2n) is 4.65. The summed E-state index contributed by atoms with van der Waals surface area (Å²) in [4.78, 5) is 16.2. The minimum atomic E-state index is -0.532. The Balaban J connectivity index is 1.85. The highest BCUT2D eigenvalue weighted by Gasteiger charge is 2.18. The molecular weight excluding hydrogens is 351 g/mol. The summed E-state index contributed by atoms with van der Waals surface area (Å²) in [6.45, 7) is 0. The summed E-state index contributed by atoms with van der Waals surface area (Å²) in [6.07, 6.45) is 0. The van der Waals surface area contributed by atoms with Crippen molar-refractivity contribution in [3.8, 4) is 17.4 Å². The smallest absolute Gasteiger partial charge is 0.279 e. The number of carbonyl (C=O) groups is 1. The maximum Gasteiger partial charge on any atom is 0.279 e. The number of nitrogens with zero attached hydrogens (tertiary/aromatic N) is 3. The Morgan fingerprint density at radius 1 is 1.17 bits per heavy atom. The van der Waals surface area contributed by atoms with Crippen LogP contribution in [-0.4, -0.2) is 16.0 Å². The molecule has 1 N–H and O–H groups in total. The molecule has 118 valence electrons. The lowest BCUT2D eigenvalue weighted by atomic mass is 10.1. The molecular formula is C16H8Cl2N4O2. The first-order valence-corrected chi connectivity index (χ1v) is 7.43. The van der Waals surface area contributed by atoms with E-state index in [4.69, 9.17) is 33.0 Å². The molecule has 8 heteroatoms. The van der Waals surface area contributed by atoms with E-state index in [1.165, 1.54) is 12.1 Å². The van der Waals surface area contributed by atoms with Crippen LogP contribution in [0.5, 0.6) is 0 Å². The van der Waals surface area contributed by atoms with E-state index in [0.29, 0.717) is 15.6 Å². The van der Waals surface area contributed by atoms with Crippen LogP contribution < -0.4 is 5.32 Å². The molecule has 24 heavy (non-hydrogen) atoms. The highest BCUT2D eigenvalue weighted by molar-refractivity contribution is 6.39. The fourth-order valence-electron chi connectivity index (χ4n) is 1.98. The van der Waals surface area contributed by atoms with Gasteiger partial charge in [0.2, 0.25) is 0 Å². The predicted molar refractivity (Wildman–Crippen MR) is 88.9 cm³/mol. The molecule has 0 atom stereocenters. The van der Waals surface area contributed by atoms with Crippen LogP contribution in [0.3, 0.4) is 0 Å². The van der Waals surface area contributed by atoms with Crippen LogP contribution in [0, 0.1) is 11.3 Å². The van der Waals surface area contributed by atoms with E-state index in [1.54, 1.807) is 30.3 Å². The monoisotopic (exact) mass is 358 g/mol. The van der Waals surface area contributed by atoms with Gasteiger partial charge in [0.05, 0.1) is 15.6 Å². The standard InChI is InChI=1S/C16H8Cl2N4O2/c17-10-4-2-5-11(18)15(10)13-7-12(22-24-13)16(23)21-14-6-1-3-9(8-19)20-14/h1-7H,(H,20,21,23). The molecule has 0 radical (unpaired) electrons. The van der Waals surface area contributed by atoms with Crippen molar-refractivity contribution < 1.29 is 9.32 Å². The minimum Gasteiger partial charge on any atom is -0.355 e. The summed E-state index contributed by atoms with van der Waals surface area (Å²) in [5, 5.41) is 15.8. The van der Waals surface area contributed by atoms with Crippen LogP contribution in [-0.2, 0) is 0 Å². The zero-order chi connectivity index (χ0) is 17.1. The highest BCUT2D eigenvalue weighted by Crippen LogP contribution is 2.34. The molecule has 1 amide bonds. The Morgan fingerprint density at radius 3 is 2.58 bits per heavy atom. The molecule has 2 heterocycles. The molecule has 0 aliphatic rings. The zero-order valence-electron chi connectivity index (χ0n) is 12.0. The van der Waals surface area contributed by atoms with Gasteiger partial charge in [0.25, 0.3) is 5.91 Å². The Hall–Kier alpha value is -2.88. The van der Waals surface area contributed by atoms with Gasteiger partial charge < -0.3 is 9.84 Å². The Morgan fingerprint density at radius 2 is 1.88 bits per heavy atom. The number of benzene rings is 1. The molecule has 0 bridgehead atoms. The number of carbonyl (C=O) groups excluding carboxylic acids is 1. The number of hydrogen-bond donors (Lipinski definition) is 1. The predicted octanol–water partition coefficient (Wildman–Crippen LogP) is 4.17. The topological polar surface area (TPSA) is 91.8 Å². The normalized spacial score (nSPS) is 10.2. The van der Waals surface area contributed by atoms with Gasteiger partial charge in [0.15, 0.2) is 11.5 Å². The maximum atomic E-state index is 12.2. The number of hydrogen-bond acceptors (Lipinski definition) is 5. The first-order valence-electron chi connectivity index (χ1n) is 6.68. The first kappa shape index (κ1) is 16.0. The number of nitrogens with one attached hydrogen (secondary N) is 1. The van der Waals surface area contributed by atoms with Crippen molar-refractivity contribution in [1.29, 1.82) is 5.26 Å². The van der Waals surface area contributed by atoms with E-state index in [0.717, 1.165) is 0 Å². The van der Waals surface area contributed by atoms with Gasteiger partial charge in [-0.1, -0.05) is 40.5 Å². The van der Waals surface area contributed by atoms with Crippen molar-refractivity contribution >= 4 is 34.9 Å². The van der Waals surface area contributed by atoms with Crippen LogP contribution in [0.25, 0.3) is 11.3 Å². The van der Waals surface area contributed by atoms with Crippen molar-refractivity contribution in [3.63, 3.8) is 0 Å². The SMILES string of the molecule is N#Cc1cccc(NC(=O)c2cc(-c3c(Cl)cccc3Cl)on2)n1. The molecule has 0 aliphatic carbocycles. The third-order valence-electron chi connectivity index (χ3n) is 3.06. The maximum absolute atomic E-state index is 12.2. The average molecular weight is 359 g/mol. The molecule has 0 fully saturated rings. The molecule has 2 aromatic heterocycles. The number of pyridine rings is 1. The molecule has 3 aromatic rings. The lowest BCUT2D eigenvalue weighted by Crippen LogP contribution is -2.13. The Bertz CT molecular complexity index is 942. The summed E-state index contributed by atoms with van der Waals surface area (Å²) in [7, 11) is 0. The number of halogens is 2. The second-order valence-corrected chi connectivity index (χ2v) is 5.46. The van der Waals surface area contributed by atoms with Crippen LogP contribution in [0.1, 0.15) is 16.2 Å². The first-order chi connectivity index (χ1) is 11.6. The number of nitriles is 1. The van der Waals surface area contributed by atoms with Crippen molar-refractivity contribution in [2.24, 2.45) is 0 Å². The van der Waals surface area contributed by atoms with E-state index >= 15 is 0 Å². The quantitative estimate of drug-likeness (QED) is 0.758. The van der Waals surface area contributed by atoms with Crippen LogP contribution in [0.15, 0.2) is 47.0 Å². The van der Waals surface area contributed by atoms with E-state index in [-0.39, 0.29) is 23.0 Å². The van der Waals surface area contributed by atoms with Crippen molar-refractivity contribution in [2.45, 2.75) is 0 Å². The Labute approximate surface area is 146 Å². The van der Waals surface area contributed by atoms with E-state index < -0.39 is 5.91 Å². The van der Waals surface area contributed by atoms with Crippen molar-refractivity contribution in [3.05, 3.63) is 63.9 Å². The number of anilines is 1. The van der Waals surface area contributed by atoms with Crippen molar-refractivity contribution in [1.82, 2.24) is 10.1 Å². The van der Waals surface area contributed by atoms with E-state index in [1.807, 2.05) is 6.07 Å².